The molecule has 0 radical (unpaired) electrons. The Balaban J connectivity index is 3.46. The fraction of sp³-hybridized carbons (Fsp3) is 0.889. The Labute approximate surface area is 74.8 Å². The van der Waals surface area contributed by atoms with Crippen LogP contribution in [0.3, 0.4) is 0 Å². The summed E-state index contributed by atoms with van der Waals surface area (Å²) in [7, 11) is 0. The summed E-state index contributed by atoms with van der Waals surface area (Å²) in [6, 6.07) is 0. The molecular formula is C9H19NS. The van der Waals surface area contributed by atoms with Crippen LogP contribution < -0.4 is 0 Å². The van der Waals surface area contributed by atoms with E-state index in [1.54, 1.807) is 11.9 Å². The van der Waals surface area contributed by atoms with Gasteiger partial charge in [-0.2, -0.15) is 0 Å². The van der Waals surface area contributed by atoms with E-state index in [1.165, 1.54) is 0 Å². The number of rotatable bonds is 3. The highest BCUT2D eigenvalue weighted by atomic mass is 32.2. The van der Waals surface area contributed by atoms with Crippen molar-refractivity contribution in [3.05, 3.63) is 0 Å². The summed E-state index contributed by atoms with van der Waals surface area (Å²) >= 11 is 1.64. The van der Waals surface area contributed by atoms with Crippen LogP contribution in [0, 0.1) is 5.92 Å². The van der Waals surface area contributed by atoms with E-state index in [1.807, 2.05) is 6.21 Å². The molecule has 0 rings (SSSR count). The van der Waals surface area contributed by atoms with Crippen molar-refractivity contribution in [3.63, 3.8) is 0 Å². The van der Waals surface area contributed by atoms with Gasteiger partial charge < -0.3 is 0 Å². The van der Waals surface area contributed by atoms with Crippen LogP contribution in [-0.2, 0) is 0 Å². The Morgan fingerprint density at radius 3 is 2.27 bits per heavy atom. The predicted octanol–water partition coefficient (Wildman–Crippen LogP) is 3.55. The van der Waals surface area contributed by atoms with E-state index < -0.39 is 0 Å². The van der Waals surface area contributed by atoms with Gasteiger partial charge in [0.25, 0.3) is 0 Å². The molecule has 0 spiro atoms. The summed E-state index contributed by atoms with van der Waals surface area (Å²) in [5.41, 5.74) is 0. The maximum absolute atomic E-state index is 4.27. The van der Waals surface area contributed by atoms with E-state index in [-0.39, 0.29) is 4.75 Å². The van der Waals surface area contributed by atoms with E-state index in [0.717, 1.165) is 12.3 Å². The van der Waals surface area contributed by atoms with E-state index >= 15 is 0 Å². The lowest BCUT2D eigenvalue weighted by molar-refractivity contribution is 0.691. The SMILES string of the molecule is CC(C)CC=NSC(C)(C)C. The monoisotopic (exact) mass is 173 g/mol. The number of hydrogen-bond acceptors (Lipinski definition) is 2. The maximum atomic E-state index is 4.27. The molecule has 2 heteroatoms. The second kappa shape index (κ2) is 4.81. The van der Waals surface area contributed by atoms with Gasteiger partial charge in [-0.3, -0.25) is 0 Å². The highest BCUT2D eigenvalue weighted by molar-refractivity contribution is 7.99. The van der Waals surface area contributed by atoms with Crippen molar-refractivity contribution in [1.82, 2.24) is 0 Å². The van der Waals surface area contributed by atoms with Crippen molar-refractivity contribution in [2.75, 3.05) is 0 Å². The molecule has 0 aromatic carbocycles. The van der Waals surface area contributed by atoms with Gasteiger partial charge >= 0.3 is 0 Å². The Morgan fingerprint density at radius 2 is 1.91 bits per heavy atom. The van der Waals surface area contributed by atoms with Crippen LogP contribution in [0.5, 0.6) is 0 Å². The maximum Gasteiger partial charge on any atom is 0.0294 e. The molecule has 1 nitrogen and oxygen atoms in total. The van der Waals surface area contributed by atoms with Crippen LogP contribution in [-0.4, -0.2) is 11.0 Å². The third-order valence-corrected chi connectivity index (χ3v) is 1.78. The first-order chi connectivity index (χ1) is 4.92. The molecule has 0 saturated carbocycles. The van der Waals surface area contributed by atoms with Gasteiger partial charge in [-0.25, -0.2) is 4.40 Å². The highest BCUT2D eigenvalue weighted by Crippen LogP contribution is 2.23. The van der Waals surface area contributed by atoms with Crippen LogP contribution in [0.1, 0.15) is 41.0 Å². The van der Waals surface area contributed by atoms with Gasteiger partial charge in [-0.1, -0.05) is 13.8 Å². The molecule has 0 saturated heterocycles. The average Bonchev–Trinajstić information content (AvgIpc) is 1.78. The topological polar surface area (TPSA) is 12.4 Å². The molecule has 0 heterocycles. The molecule has 0 aliphatic heterocycles. The minimum Gasteiger partial charge on any atom is -0.228 e. The van der Waals surface area contributed by atoms with Crippen molar-refractivity contribution in [3.8, 4) is 0 Å². The molecule has 0 atom stereocenters. The van der Waals surface area contributed by atoms with Gasteiger partial charge in [0.05, 0.1) is 0 Å². The molecule has 0 bridgehead atoms. The molecule has 0 aromatic heterocycles. The lowest BCUT2D eigenvalue weighted by Crippen LogP contribution is -2.05. The molecule has 0 unspecified atom stereocenters. The Hall–Kier alpha value is 0.0200. The number of nitrogens with zero attached hydrogens (tertiary/aromatic N) is 1. The van der Waals surface area contributed by atoms with Crippen molar-refractivity contribution in [1.29, 1.82) is 0 Å². The third-order valence-electron chi connectivity index (χ3n) is 0.978. The zero-order valence-electron chi connectivity index (χ0n) is 8.22. The smallest absolute Gasteiger partial charge is 0.0294 e. The van der Waals surface area contributed by atoms with Crippen LogP contribution in [0.25, 0.3) is 0 Å². The van der Waals surface area contributed by atoms with Crippen molar-refractivity contribution in [2.45, 2.75) is 45.8 Å². The van der Waals surface area contributed by atoms with E-state index in [9.17, 15) is 0 Å². The van der Waals surface area contributed by atoms with Crippen molar-refractivity contribution < 1.29 is 0 Å². The second-order valence-corrected chi connectivity index (χ2v) is 5.74. The lowest BCUT2D eigenvalue weighted by atomic mass is 10.2. The van der Waals surface area contributed by atoms with Crippen LogP contribution >= 0.6 is 11.9 Å². The molecular weight excluding hydrogens is 154 g/mol. The summed E-state index contributed by atoms with van der Waals surface area (Å²) in [4.78, 5) is 0. The van der Waals surface area contributed by atoms with Crippen molar-refractivity contribution >= 4 is 18.2 Å². The minimum atomic E-state index is 0.257. The van der Waals surface area contributed by atoms with Gasteiger partial charge in [-0.15, -0.1) is 0 Å². The molecule has 66 valence electrons. The quantitative estimate of drug-likeness (QED) is 0.469. The normalized spacial score (nSPS) is 13.3. The zero-order valence-corrected chi connectivity index (χ0v) is 9.03. The predicted molar refractivity (Wildman–Crippen MR) is 55.3 cm³/mol. The largest absolute Gasteiger partial charge is 0.228 e. The fourth-order valence-corrected chi connectivity index (χ4v) is 0.926. The molecule has 11 heavy (non-hydrogen) atoms. The highest BCUT2D eigenvalue weighted by Gasteiger charge is 2.08. The van der Waals surface area contributed by atoms with Gasteiger partial charge in [0, 0.05) is 11.0 Å². The first-order valence-electron chi connectivity index (χ1n) is 4.12. The van der Waals surface area contributed by atoms with Gasteiger partial charge in [0.2, 0.25) is 0 Å². The molecule has 0 N–H and O–H groups in total. The summed E-state index contributed by atoms with van der Waals surface area (Å²) in [5.74, 6) is 0.722. The number of hydrogen-bond donors (Lipinski definition) is 0. The molecule has 0 aromatic rings. The fourth-order valence-electron chi connectivity index (χ4n) is 0.449. The van der Waals surface area contributed by atoms with Gasteiger partial charge in [-0.05, 0) is 45.1 Å². The summed E-state index contributed by atoms with van der Waals surface area (Å²) in [6.45, 7) is 10.9. The summed E-state index contributed by atoms with van der Waals surface area (Å²) in [6.07, 6.45) is 3.10. The van der Waals surface area contributed by atoms with E-state index in [0.29, 0.717) is 0 Å². The molecule has 0 fully saturated rings. The second-order valence-electron chi connectivity index (χ2n) is 4.12. The third kappa shape index (κ3) is 10.0. The molecule has 0 amide bonds. The summed E-state index contributed by atoms with van der Waals surface area (Å²) in [5, 5.41) is 0. The Bertz CT molecular complexity index is 122. The Kier molecular flexibility index (Phi) is 4.82. The molecule has 0 aliphatic carbocycles. The first kappa shape index (κ1) is 11.0. The average molecular weight is 173 g/mol. The summed E-state index contributed by atoms with van der Waals surface area (Å²) < 4.78 is 4.53. The lowest BCUT2D eigenvalue weighted by Gasteiger charge is -2.12. The van der Waals surface area contributed by atoms with Crippen molar-refractivity contribution in [2.24, 2.45) is 10.3 Å². The zero-order chi connectivity index (χ0) is 8.91. The van der Waals surface area contributed by atoms with E-state index in [4.69, 9.17) is 0 Å². The van der Waals surface area contributed by atoms with Gasteiger partial charge in [0.1, 0.15) is 0 Å². The van der Waals surface area contributed by atoms with Gasteiger partial charge in [0.15, 0.2) is 0 Å². The van der Waals surface area contributed by atoms with Crippen LogP contribution in [0.2, 0.25) is 0 Å². The minimum absolute atomic E-state index is 0.257. The van der Waals surface area contributed by atoms with E-state index in [2.05, 4.69) is 39.0 Å². The first-order valence-corrected chi connectivity index (χ1v) is 4.89. The standard InChI is InChI=1S/C9H19NS/c1-8(2)6-7-10-11-9(3,4)5/h7-8H,6H2,1-5H3. The Morgan fingerprint density at radius 1 is 1.36 bits per heavy atom. The van der Waals surface area contributed by atoms with Crippen LogP contribution in [0.4, 0.5) is 0 Å². The van der Waals surface area contributed by atoms with Crippen LogP contribution in [0.15, 0.2) is 4.40 Å². The molecule has 0 aliphatic rings.